The average Bonchev–Trinajstić information content (AvgIpc) is 3.04. The summed E-state index contributed by atoms with van der Waals surface area (Å²) in [5.74, 6) is -0.696. The Morgan fingerprint density at radius 2 is 2.13 bits per heavy atom. The SMILES string of the molecule is COc1ccc(F)cc1C(=O)Nc1nc(-c2ccccn2)cs1. The predicted molar refractivity (Wildman–Crippen MR) is 86.3 cm³/mol. The Balaban J connectivity index is 1.82. The minimum atomic E-state index is -0.510. The molecular weight excluding hydrogens is 317 g/mol. The number of nitrogens with zero attached hydrogens (tertiary/aromatic N) is 2. The van der Waals surface area contributed by atoms with Crippen LogP contribution in [0.3, 0.4) is 0 Å². The lowest BCUT2D eigenvalue weighted by Gasteiger charge is -2.07. The number of carbonyl (C=O) groups excluding carboxylic acids is 1. The van der Waals surface area contributed by atoms with Gasteiger partial charge < -0.3 is 4.74 Å². The summed E-state index contributed by atoms with van der Waals surface area (Å²) in [5, 5.41) is 4.84. The van der Waals surface area contributed by atoms with Crippen molar-refractivity contribution in [2.75, 3.05) is 12.4 Å². The van der Waals surface area contributed by atoms with E-state index in [1.165, 1.54) is 30.6 Å². The number of pyridine rings is 1. The van der Waals surface area contributed by atoms with Crippen LogP contribution in [0.4, 0.5) is 9.52 Å². The first kappa shape index (κ1) is 15.1. The molecule has 0 saturated heterocycles. The Labute approximate surface area is 135 Å². The second-order valence-corrected chi connectivity index (χ2v) is 5.41. The number of benzene rings is 1. The van der Waals surface area contributed by atoms with Gasteiger partial charge in [-0.15, -0.1) is 11.3 Å². The van der Waals surface area contributed by atoms with Crippen molar-refractivity contribution in [2.24, 2.45) is 0 Å². The number of aromatic nitrogens is 2. The molecule has 0 aliphatic rings. The van der Waals surface area contributed by atoms with Crippen LogP contribution in [0.5, 0.6) is 5.75 Å². The third-order valence-corrected chi connectivity index (χ3v) is 3.82. The van der Waals surface area contributed by atoms with E-state index in [9.17, 15) is 9.18 Å². The van der Waals surface area contributed by atoms with Crippen molar-refractivity contribution < 1.29 is 13.9 Å². The van der Waals surface area contributed by atoms with Crippen molar-refractivity contribution in [3.8, 4) is 17.1 Å². The van der Waals surface area contributed by atoms with E-state index < -0.39 is 11.7 Å². The van der Waals surface area contributed by atoms with E-state index >= 15 is 0 Å². The molecule has 5 nitrogen and oxygen atoms in total. The summed E-state index contributed by atoms with van der Waals surface area (Å²) in [5.41, 5.74) is 1.49. The van der Waals surface area contributed by atoms with Gasteiger partial charge in [-0.1, -0.05) is 6.07 Å². The third-order valence-electron chi connectivity index (χ3n) is 3.06. The maximum absolute atomic E-state index is 13.4. The van der Waals surface area contributed by atoms with Crippen molar-refractivity contribution in [1.82, 2.24) is 9.97 Å². The number of hydrogen-bond donors (Lipinski definition) is 1. The first-order chi connectivity index (χ1) is 11.2. The van der Waals surface area contributed by atoms with Crippen LogP contribution in [0.25, 0.3) is 11.4 Å². The van der Waals surface area contributed by atoms with Crippen LogP contribution in [0.15, 0.2) is 48.0 Å². The number of hydrogen-bond acceptors (Lipinski definition) is 5. The molecule has 0 aliphatic carbocycles. The normalized spacial score (nSPS) is 10.3. The number of carbonyl (C=O) groups is 1. The van der Waals surface area contributed by atoms with Crippen LogP contribution in [0, 0.1) is 5.82 Å². The van der Waals surface area contributed by atoms with Gasteiger partial charge in [-0.25, -0.2) is 9.37 Å². The number of thiazole rings is 1. The lowest BCUT2D eigenvalue weighted by molar-refractivity contribution is 0.102. The van der Waals surface area contributed by atoms with Gasteiger partial charge in [0.15, 0.2) is 5.13 Å². The molecule has 1 amide bonds. The fourth-order valence-electron chi connectivity index (χ4n) is 1.99. The number of amides is 1. The zero-order chi connectivity index (χ0) is 16.2. The molecular formula is C16H12FN3O2S. The van der Waals surface area contributed by atoms with E-state index in [1.807, 2.05) is 18.2 Å². The quantitative estimate of drug-likeness (QED) is 0.794. The molecule has 0 atom stereocenters. The zero-order valence-corrected chi connectivity index (χ0v) is 12.9. The Hall–Kier alpha value is -2.80. The number of methoxy groups -OCH3 is 1. The van der Waals surface area contributed by atoms with Gasteiger partial charge >= 0.3 is 0 Å². The second-order valence-electron chi connectivity index (χ2n) is 4.55. The molecule has 23 heavy (non-hydrogen) atoms. The molecule has 3 aromatic rings. The molecule has 0 fully saturated rings. The summed E-state index contributed by atoms with van der Waals surface area (Å²) in [4.78, 5) is 20.8. The van der Waals surface area contributed by atoms with Gasteiger partial charge in [-0.2, -0.15) is 0 Å². The van der Waals surface area contributed by atoms with E-state index in [2.05, 4.69) is 15.3 Å². The molecule has 1 N–H and O–H groups in total. The molecule has 3 rings (SSSR count). The summed E-state index contributed by atoms with van der Waals surface area (Å²) in [6.45, 7) is 0. The van der Waals surface area contributed by atoms with Crippen molar-refractivity contribution >= 4 is 22.4 Å². The fraction of sp³-hybridized carbons (Fsp3) is 0.0625. The number of rotatable bonds is 4. The van der Waals surface area contributed by atoms with Crippen molar-refractivity contribution in [1.29, 1.82) is 0 Å². The molecule has 0 aliphatic heterocycles. The highest BCUT2D eigenvalue weighted by atomic mass is 32.1. The van der Waals surface area contributed by atoms with E-state index in [0.717, 1.165) is 6.07 Å². The number of ether oxygens (including phenoxy) is 1. The van der Waals surface area contributed by atoms with Crippen LogP contribution in [0.1, 0.15) is 10.4 Å². The van der Waals surface area contributed by atoms with E-state index in [0.29, 0.717) is 22.3 Å². The van der Waals surface area contributed by atoms with Gasteiger partial charge in [0, 0.05) is 11.6 Å². The van der Waals surface area contributed by atoms with Crippen molar-refractivity contribution in [3.63, 3.8) is 0 Å². The summed E-state index contributed by atoms with van der Waals surface area (Å²) < 4.78 is 18.4. The highest BCUT2D eigenvalue weighted by molar-refractivity contribution is 7.14. The molecule has 116 valence electrons. The first-order valence-corrected chi connectivity index (χ1v) is 7.57. The van der Waals surface area contributed by atoms with Gasteiger partial charge in [0.2, 0.25) is 0 Å². The van der Waals surface area contributed by atoms with E-state index in [4.69, 9.17) is 4.74 Å². The fourth-order valence-corrected chi connectivity index (χ4v) is 2.68. The van der Waals surface area contributed by atoms with Gasteiger partial charge in [-0.05, 0) is 30.3 Å². The highest BCUT2D eigenvalue weighted by Gasteiger charge is 2.15. The van der Waals surface area contributed by atoms with Crippen molar-refractivity contribution in [3.05, 3.63) is 59.4 Å². The summed E-state index contributed by atoms with van der Waals surface area (Å²) in [6, 6.07) is 9.27. The van der Waals surface area contributed by atoms with E-state index in [-0.39, 0.29) is 5.56 Å². The van der Waals surface area contributed by atoms with Crippen LogP contribution in [-0.4, -0.2) is 23.0 Å². The lowest BCUT2D eigenvalue weighted by Crippen LogP contribution is -2.13. The molecule has 7 heteroatoms. The number of nitrogens with one attached hydrogen (secondary N) is 1. The van der Waals surface area contributed by atoms with Gasteiger partial charge in [-0.3, -0.25) is 15.1 Å². The largest absolute Gasteiger partial charge is 0.496 e. The summed E-state index contributed by atoms with van der Waals surface area (Å²) in [6.07, 6.45) is 1.67. The second kappa shape index (κ2) is 6.53. The Morgan fingerprint density at radius 3 is 2.87 bits per heavy atom. The third kappa shape index (κ3) is 3.35. The highest BCUT2D eigenvalue weighted by Crippen LogP contribution is 2.25. The van der Waals surface area contributed by atoms with Crippen molar-refractivity contribution in [2.45, 2.75) is 0 Å². The molecule has 2 aromatic heterocycles. The number of halogens is 1. The summed E-state index contributed by atoms with van der Waals surface area (Å²) in [7, 11) is 1.42. The van der Waals surface area contributed by atoms with Crippen LogP contribution in [-0.2, 0) is 0 Å². The Bertz CT molecular complexity index is 836. The lowest BCUT2D eigenvalue weighted by atomic mass is 10.2. The van der Waals surface area contributed by atoms with Crippen LogP contribution in [0.2, 0.25) is 0 Å². The molecule has 2 heterocycles. The molecule has 0 unspecified atom stereocenters. The zero-order valence-electron chi connectivity index (χ0n) is 12.1. The van der Waals surface area contributed by atoms with E-state index in [1.54, 1.807) is 11.6 Å². The molecule has 0 bridgehead atoms. The predicted octanol–water partition coefficient (Wildman–Crippen LogP) is 3.61. The minimum Gasteiger partial charge on any atom is -0.496 e. The molecule has 0 spiro atoms. The van der Waals surface area contributed by atoms with Crippen LogP contribution >= 0.6 is 11.3 Å². The van der Waals surface area contributed by atoms with Gasteiger partial charge in [0.1, 0.15) is 17.3 Å². The topological polar surface area (TPSA) is 64.1 Å². The molecule has 0 radical (unpaired) electrons. The molecule has 1 aromatic carbocycles. The Kier molecular flexibility index (Phi) is 4.29. The monoisotopic (exact) mass is 329 g/mol. The minimum absolute atomic E-state index is 0.113. The Morgan fingerprint density at radius 1 is 1.26 bits per heavy atom. The maximum Gasteiger partial charge on any atom is 0.261 e. The molecule has 0 saturated carbocycles. The van der Waals surface area contributed by atoms with Crippen LogP contribution < -0.4 is 10.1 Å². The first-order valence-electron chi connectivity index (χ1n) is 6.69. The average molecular weight is 329 g/mol. The van der Waals surface area contributed by atoms with Gasteiger partial charge in [0.05, 0.1) is 18.4 Å². The van der Waals surface area contributed by atoms with Gasteiger partial charge in [0.25, 0.3) is 5.91 Å². The standard InChI is InChI=1S/C16H12FN3O2S/c1-22-14-6-5-10(17)8-11(14)15(21)20-16-19-13(9-23-16)12-4-2-3-7-18-12/h2-9H,1H3,(H,19,20,21). The smallest absolute Gasteiger partial charge is 0.261 e. The number of anilines is 1. The summed E-state index contributed by atoms with van der Waals surface area (Å²) >= 11 is 1.27. The maximum atomic E-state index is 13.4.